The number of piperidine rings is 1. The molecule has 2 aromatic carbocycles. The van der Waals surface area contributed by atoms with Gasteiger partial charge in [-0.3, -0.25) is 0 Å². The average molecular weight is 461 g/mol. The Balaban J connectivity index is 1.49. The number of alkyl halides is 3. The van der Waals surface area contributed by atoms with Crippen molar-refractivity contribution in [3.63, 3.8) is 0 Å². The minimum Gasteiger partial charge on any atom is -0.493 e. The fourth-order valence-electron chi connectivity index (χ4n) is 3.92. The van der Waals surface area contributed by atoms with E-state index in [0.717, 1.165) is 38.2 Å². The first-order valence-electron chi connectivity index (χ1n) is 10.9. The van der Waals surface area contributed by atoms with Crippen LogP contribution < -0.4 is 14.8 Å². The van der Waals surface area contributed by atoms with Gasteiger partial charge in [-0.15, -0.1) is 10.2 Å². The molecule has 0 radical (unpaired) electrons. The molecule has 1 saturated heterocycles. The maximum absolute atomic E-state index is 13.0. The number of hydrogen-bond acceptors (Lipinski definition) is 7. The Bertz CT molecular complexity index is 1090. The van der Waals surface area contributed by atoms with Crippen molar-refractivity contribution in [2.24, 2.45) is 0 Å². The van der Waals surface area contributed by atoms with Gasteiger partial charge in [0.05, 0.1) is 24.7 Å². The third-order valence-electron chi connectivity index (χ3n) is 5.61. The van der Waals surface area contributed by atoms with E-state index in [2.05, 4.69) is 25.6 Å². The van der Waals surface area contributed by atoms with Crippen LogP contribution >= 0.6 is 0 Å². The van der Waals surface area contributed by atoms with Gasteiger partial charge in [-0.1, -0.05) is 12.5 Å². The van der Waals surface area contributed by atoms with Crippen LogP contribution in [0.25, 0.3) is 10.9 Å². The first kappa shape index (κ1) is 23.0. The topological polar surface area (TPSA) is 72.4 Å². The number of benzene rings is 2. The lowest BCUT2D eigenvalue weighted by atomic mass is 10.1. The maximum Gasteiger partial charge on any atom is 0.416 e. The highest BCUT2D eigenvalue weighted by Crippen LogP contribution is 2.35. The van der Waals surface area contributed by atoms with E-state index in [4.69, 9.17) is 9.47 Å². The molecule has 0 aliphatic carbocycles. The minimum absolute atomic E-state index is 0.239. The van der Waals surface area contributed by atoms with Crippen molar-refractivity contribution in [1.82, 2.24) is 20.3 Å². The zero-order chi connectivity index (χ0) is 23.3. The summed E-state index contributed by atoms with van der Waals surface area (Å²) >= 11 is 0. The lowest BCUT2D eigenvalue weighted by Crippen LogP contribution is -2.31. The van der Waals surface area contributed by atoms with Crippen molar-refractivity contribution in [1.29, 1.82) is 0 Å². The zero-order valence-corrected chi connectivity index (χ0v) is 18.4. The summed E-state index contributed by atoms with van der Waals surface area (Å²) in [6.07, 6.45) is 0.270. The van der Waals surface area contributed by atoms with Crippen LogP contribution in [0.4, 0.5) is 24.7 Å². The molecule has 1 aliphatic rings. The first-order valence-corrected chi connectivity index (χ1v) is 10.9. The van der Waals surface area contributed by atoms with Gasteiger partial charge >= 0.3 is 6.18 Å². The second kappa shape index (κ2) is 10.2. The van der Waals surface area contributed by atoms with Crippen molar-refractivity contribution in [3.8, 4) is 11.5 Å². The number of anilines is 2. The number of nitrogens with one attached hydrogen (secondary N) is 1. The molecule has 2 heterocycles. The van der Waals surface area contributed by atoms with Gasteiger partial charge in [-0.2, -0.15) is 13.2 Å². The van der Waals surface area contributed by atoms with Crippen LogP contribution in [0.15, 0.2) is 36.4 Å². The van der Waals surface area contributed by atoms with Crippen LogP contribution in [0.2, 0.25) is 0 Å². The Labute approximate surface area is 189 Å². The summed E-state index contributed by atoms with van der Waals surface area (Å²) in [5, 5.41) is 15.2. The van der Waals surface area contributed by atoms with E-state index >= 15 is 0 Å². The van der Waals surface area contributed by atoms with Crippen molar-refractivity contribution in [2.45, 2.75) is 31.9 Å². The summed E-state index contributed by atoms with van der Waals surface area (Å²) in [6, 6.07) is 8.30. The lowest BCUT2D eigenvalue weighted by Gasteiger charge is -2.26. The molecule has 0 atom stereocenters. The summed E-state index contributed by atoms with van der Waals surface area (Å²) in [5.41, 5.74) is -0.0217. The van der Waals surface area contributed by atoms with Crippen LogP contribution in [0.1, 0.15) is 31.2 Å². The Morgan fingerprint density at radius 3 is 2.61 bits per heavy atom. The summed E-state index contributed by atoms with van der Waals surface area (Å²) in [7, 11) is 1.53. The van der Waals surface area contributed by atoms with E-state index in [0.29, 0.717) is 29.0 Å². The monoisotopic (exact) mass is 461 g/mol. The van der Waals surface area contributed by atoms with Crippen LogP contribution in [-0.4, -0.2) is 53.7 Å². The van der Waals surface area contributed by atoms with E-state index in [-0.39, 0.29) is 11.5 Å². The Hall–Kier alpha value is -3.14. The van der Waals surface area contributed by atoms with Crippen molar-refractivity contribution in [3.05, 3.63) is 42.0 Å². The lowest BCUT2D eigenvalue weighted by molar-refractivity contribution is -0.137. The summed E-state index contributed by atoms with van der Waals surface area (Å²) in [5.74, 6) is 1.30. The molecule has 4 rings (SSSR count). The van der Waals surface area contributed by atoms with Gasteiger partial charge < -0.3 is 19.7 Å². The van der Waals surface area contributed by atoms with Crippen molar-refractivity contribution >= 4 is 22.4 Å². The number of likely N-dealkylation sites (tertiary alicyclic amines) is 1. The minimum atomic E-state index is -4.44. The molecule has 1 aliphatic heterocycles. The third kappa shape index (κ3) is 5.81. The van der Waals surface area contributed by atoms with E-state index in [1.165, 1.54) is 38.5 Å². The number of nitrogens with zero attached hydrogens (tertiary/aromatic N) is 4. The molecule has 176 valence electrons. The van der Waals surface area contributed by atoms with Gasteiger partial charge in [0.25, 0.3) is 0 Å². The third-order valence-corrected chi connectivity index (χ3v) is 5.61. The standard InChI is InChI=1S/C23H26F3N5O2/c1-32-20-14-18-19(15-21(20)33-12-6-11-31-9-3-2-4-10-31)28-30-29-22(18)27-17-8-5-7-16(13-17)23(24,25)26/h5,7-8,13-15H,2-4,6,9-12H2,1H3,(H,27,28,29). The second-order valence-corrected chi connectivity index (χ2v) is 7.97. The highest BCUT2D eigenvalue weighted by molar-refractivity contribution is 5.92. The highest BCUT2D eigenvalue weighted by Gasteiger charge is 2.30. The van der Waals surface area contributed by atoms with Crippen LogP contribution in [0, 0.1) is 0 Å². The first-order chi connectivity index (χ1) is 15.9. The second-order valence-electron chi connectivity index (χ2n) is 7.97. The van der Waals surface area contributed by atoms with E-state index in [1.807, 2.05) is 0 Å². The van der Waals surface area contributed by atoms with Crippen LogP contribution in [-0.2, 0) is 6.18 Å². The van der Waals surface area contributed by atoms with E-state index < -0.39 is 11.7 Å². The van der Waals surface area contributed by atoms with Gasteiger partial charge in [0.1, 0.15) is 5.52 Å². The molecule has 0 saturated carbocycles. The van der Waals surface area contributed by atoms with Crippen LogP contribution in [0.5, 0.6) is 11.5 Å². The number of fused-ring (bicyclic) bond motifs is 1. The van der Waals surface area contributed by atoms with Crippen molar-refractivity contribution in [2.75, 3.05) is 38.7 Å². The quantitative estimate of drug-likeness (QED) is 0.471. The highest BCUT2D eigenvalue weighted by atomic mass is 19.4. The number of ether oxygens (including phenoxy) is 2. The molecule has 0 bridgehead atoms. The molecule has 0 spiro atoms. The number of methoxy groups -OCH3 is 1. The molecular weight excluding hydrogens is 435 g/mol. The zero-order valence-electron chi connectivity index (χ0n) is 18.4. The number of halogens is 3. The predicted molar refractivity (Wildman–Crippen MR) is 119 cm³/mol. The molecule has 10 heteroatoms. The molecule has 7 nitrogen and oxygen atoms in total. The molecule has 0 amide bonds. The molecule has 33 heavy (non-hydrogen) atoms. The van der Waals surface area contributed by atoms with Crippen molar-refractivity contribution < 1.29 is 22.6 Å². The number of hydrogen-bond donors (Lipinski definition) is 1. The molecule has 3 aromatic rings. The largest absolute Gasteiger partial charge is 0.493 e. The smallest absolute Gasteiger partial charge is 0.416 e. The summed E-state index contributed by atoms with van der Waals surface area (Å²) in [6.45, 7) is 3.81. The SMILES string of the molecule is COc1cc2c(Nc3cccc(C(F)(F)F)c3)nnnc2cc1OCCCN1CCCCC1. The molecule has 1 fully saturated rings. The summed E-state index contributed by atoms with van der Waals surface area (Å²) < 4.78 is 50.5. The molecule has 0 unspecified atom stereocenters. The fourth-order valence-corrected chi connectivity index (χ4v) is 3.92. The molecular formula is C23H26F3N5O2. The van der Waals surface area contributed by atoms with Gasteiger partial charge in [0, 0.05) is 18.3 Å². The fraction of sp³-hybridized carbons (Fsp3) is 0.435. The Morgan fingerprint density at radius 1 is 1.03 bits per heavy atom. The van der Waals surface area contributed by atoms with Crippen LogP contribution in [0.3, 0.4) is 0 Å². The van der Waals surface area contributed by atoms with Gasteiger partial charge in [0.2, 0.25) is 0 Å². The molecule has 1 aromatic heterocycles. The Morgan fingerprint density at radius 2 is 1.85 bits per heavy atom. The molecule has 1 N–H and O–H groups in total. The van der Waals surface area contributed by atoms with E-state index in [9.17, 15) is 13.2 Å². The average Bonchev–Trinajstić information content (AvgIpc) is 2.82. The van der Waals surface area contributed by atoms with Gasteiger partial charge in [-0.05, 0) is 61.8 Å². The number of aromatic nitrogens is 3. The number of rotatable bonds is 8. The van der Waals surface area contributed by atoms with Gasteiger partial charge in [0.15, 0.2) is 17.3 Å². The Kier molecular flexibility index (Phi) is 7.12. The van der Waals surface area contributed by atoms with E-state index in [1.54, 1.807) is 12.1 Å². The normalized spacial score (nSPS) is 14.9. The maximum atomic E-state index is 13.0. The summed E-state index contributed by atoms with van der Waals surface area (Å²) in [4.78, 5) is 2.45. The predicted octanol–water partition coefficient (Wildman–Crippen LogP) is 5.05. The van der Waals surface area contributed by atoms with Gasteiger partial charge in [-0.25, -0.2) is 0 Å².